The normalized spacial score (nSPS) is 22.4. The first-order valence-corrected chi connectivity index (χ1v) is 7.00. The number of rotatable bonds is 7. The molecule has 1 fully saturated rings. The number of hydrogen-bond donors (Lipinski definition) is 4. The quantitative estimate of drug-likeness (QED) is 0.481. The smallest absolute Gasteiger partial charge is 0.315 e. The van der Waals surface area contributed by atoms with E-state index < -0.39 is 24.0 Å². The largest absolute Gasteiger partial charge is 0.481 e. The Morgan fingerprint density at radius 2 is 2.05 bits per heavy atom. The van der Waals surface area contributed by atoms with Gasteiger partial charge in [0.1, 0.15) is 6.04 Å². The minimum atomic E-state index is -0.828. The number of amides is 3. The molecule has 0 spiro atoms. The lowest BCUT2D eigenvalue weighted by atomic mass is 10.1. The molecule has 120 valence electrons. The zero-order valence-electron chi connectivity index (χ0n) is 12.3. The van der Waals surface area contributed by atoms with Crippen LogP contribution in [-0.2, 0) is 14.3 Å². The van der Waals surface area contributed by atoms with Crippen LogP contribution < -0.4 is 16.0 Å². The van der Waals surface area contributed by atoms with Gasteiger partial charge in [0.25, 0.3) is 0 Å². The van der Waals surface area contributed by atoms with Crippen LogP contribution in [0.3, 0.4) is 0 Å². The lowest BCUT2D eigenvalue weighted by Gasteiger charge is -2.17. The van der Waals surface area contributed by atoms with Crippen molar-refractivity contribution >= 4 is 17.9 Å². The number of nitrogens with one attached hydrogen (secondary N) is 3. The molecule has 8 nitrogen and oxygen atoms in total. The molecule has 8 heteroatoms. The zero-order chi connectivity index (χ0) is 15.8. The van der Waals surface area contributed by atoms with Crippen molar-refractivity contribution in [2.24, 2.45) is 5.92 Å². The summed E-state index contributed by atoms with van der Waals surface area (Å²) in [5, 5.41) is 16.7. The number of ether oxygens (including phenoxy) is 1. The molecule has 0 radical (unpaired) electrons. The molecule has 1 aliphatic rings. The van der Waals surface area contributed by atoms with Gasteiger partial charge in [-0.2, -0.15) is 0 Å². The number of hydrogen-bond acceptors (Lipinski definition) is 4. The predicted octanol–water partition coefficient (Wildman–Crippen LogP) is -0.310. The number of carboxylic acid groups (broad SMARTS) is 1. The molecule has 0 heterocycles. The van der Waals surface area contributed by atoms with Crippen LogP contribution in [0, 0.1) is 5.92 Å². The summed E-state index contributed by atoms with van der Waals surface area (Å²) >= 11 is 0. The maximum atomic E-state index is 11.7. The average molecular weight is 301 g/mol. The third-order valence-electron chi connectivity index (χ3n) is 3.46. The topological polar surface area (TPSA) is 117 Å². The van der Waals surface area contributed by atoms with Crippen molar-refractivity contribution in [3.05, 3.63) is 0 Å². The second kappa shape index (κ2) is 8.46. The van der Waals surface area contributed by atoms with Crippen molar-refractivity contribution in [1.82, 2.24) is 16.0 Å². The molecular formula is C13H23N3O5. The van der Waals surface area contributed by atoms with Gasteiger partial charge in [0.05, 0.1) is 12.5 Å². The molecule has 3 atom stereocenters. The fraction of sp³-hybridized carbons (Fsp3) is 0.769. The Morgan fingerprint density at radius 3 is 2.62 bits per heavy atom. The molecule has 0 aromatic heterocycles. The van der Waals surface area contributed by atoms with Crippen molar-refractivity contribution < 1.29 is 24.2 Å². The van der Waals surface area contributed by atoms with E-state index in [2.05, 4.69) is 16.0 Å². The van der Waals surface area contributed by atoms with Gasteiger partial charge in [-0.15, -0.1) is 0 Å². The first-order chi connectivity index (χ1) is 9.93. The summed E-state index contributed by atoms with van der Waals surface area (Å²) < 4.78 is 4.81. The van der Waals surface area contributed by atoms with Crippen molar-refractivity contribution in [1.29, 1.82) is 0 Å². The highest BCUT2D eigenvalue weighted by Gasteiger charge is 2.30. The van der Waals surface area contributed by atoms with Gasteiger partial charge in [0.15, 0.2) is 0 Å². The summed E-state index contributed by atoms with van der Waals surface area (Å²) in [6.07, 6.45) is 1.63. The van der Waals surface area contributed by atoms with E-state index in [0.717, 1.165) is 0 Å². The standard InChI is InChI=1S/C13H23N3O5/c1-8(11(17)14-5-6-21-2)15-13(20)16-10-4-3-9(7-10)12(18)19/h8-10H,3-7H2,1-2H3,(H,14,17)(H,18,19)(H2,15,16,20)/t8?,9-,10+/m1/s1. The van der Waals surface area contributed by atoms with E-state index >= 15 is 0 Å². The van der Waals surface area contributed by atoms with Gasteiger partial charge in [-0.3, -0.25) is 9.59 Å². The Labute approximate surface area is 123 Å². The highest BCUT2D eigenvalue weighted by atomic mass is 16.5. The Balaban J connectivity index is 2.27. The predicted molar refractivity (Wildman–Crippen MR) is 74.8 cm³/mol. The van der Waals surface area contributed by atoms with Crippen LogP contribution in [0.4, 0.5) is 4.79 Å². The van der Waals surface area contributed by atoms with Crippen LogP contribution in [0.25, 0.3) is 0 Å². The van der Waals surface area contributed by atoms with Crippen molar-refractivity contribution in [3.8, 4) is 0 Å². The molecule has 1 unspecified atom stereocenters. The second-order valence-corrected chi connectivity index (χ2v) is 5.17. The van der Waals surface area contributed by atoms with Crippen LogP contribution in [0.1, 0.15) is 26.2 Å². The number of methoxy groups -OCH3 is 1. The van der Waals surface area contributed by atoms with E-state index in [0.29, 0.717) is 32.4 Å². The average Bonchev–Trinajstić information content (AvgIpc) is 2.87. The van der Waals surface area contributed by atoms with Crippen LogP contribution in [0.5, 0.6) is 0 Å². The van der Waals surface area contributed by atoms with E-state index in [-0.39, 0.29) is 11.9 Å². The lowest BCUT2D eigenvalue weighted by molar-refractivity contribution is -0.141. The summed E-state index contributed by atoms with van der Waals surface area (Å²) in [5.41, 5.74) is 0. The SMILES string of the molecule is COCCNC(=O)C(C)NC(=O)N[C@H]1CC[C@@H](C(=O)O)C1. The Hall–Kier alpha value is -1.83. The van der Waals surface area contributed by atoms with Gasteiger partial charge in [0.2, 0.25) is 5.91 Å². The Morgan fingerprint density at radius 1 is 1.33 bits per heavy atom. The van der Waals surface area contributed by atoms with Gasteiger partial charge < -0.3 is 25.8 Å². The molecule has 4 N–H and O–H groups in total. The van der Waals surface area contributed by atoms with Crippen LogP contribution in [0.15, 0.2) is 0 Å². The number of carbonyl (C=O) groups excluding carboxylic acids is 2. The summed E-state index contributed by atoms with van der Waals surface area (Å²) in [6, 6.07) is -1.28. The minimum Gasteiger partial charge on any atom is -0.481 e. The molecule has 1 rings (SSSR count). The van der Waals surface area contributed by atoms with E-state index in [4.69, 9.17) is 9.84 Å². The monoisotopic (exact) mass is 301 g/mol. The third kappa shape index (κ3) is 5.99. The molecule has 1 saturated carbocycles. The number of aliphatic carboxylic acids is 1. The first-order valence-electron chi connectivity index (χ1n) is 7.00. The Bertz CT molecular complexity index is 388. The highest BCUT2D eigenvalue weighted by molar-refractivity contribution is 5.86. The fourth-order valence-corrected chi connectivity index (χ4v) is 2.26. The summed E-state index contributed by atoms with van der Waals surface area (Å²) in [4.78, 5) is 34.2. The van der Waals surface area contributed by atoms with E-state index in [1.165, 1.54) is 7.11 Å². The molecule has 0 saturated heterocycles. The van der Waals surface area contributed by atoms with E-state index in [1.807, 2.05) is 0 Å². The molecule has 0 aromatic rings. The lowest BCUT2D eigenvalue weighted by Crippen LogP contribution is -2.50. The third-order valence-corrected chi connectivity index (χ3v) is 3.46. The first kappa shape index (κ1) is 17.2. The van der Waals surface area contributed by atoms with Crippen molar-refractivity contribution in [2.75, 3.05) is 20.3 Å². The molecule has 0 aromatic carbocycles. The number of urea groups is 1. The van der Waals surface area contributed by atoms with Crippen LogP contribution in [0.2, 0.25) is 0 Å². The fourth-order valence-electron chi connectivity index (χ4n) is 2.26. The minimum absolute atomic E-state index is 0.158. The highest BCUT2D eigenvalue weighted by Crippen LogP contribution is 2.25. The van der Waals surface area contributed by atoms with Crippen LogP contribution in [-0.4, -0.2) is 55.4 Å². The molecule has 0 bridgehead atoms. The maximum absolute atomic E-state index is 11.7. The van der Waals surface area contributed by atoms with Gasteiger partial charge >= 0.3 is 12.0 Å². The summed E-state index contributed by atoms with van der Waals surface area (Å²) in [7, 11) is 1.53. The van der Waals surface area contributed by atoms with Crippen molar-refractivity contribution in [3.63, 3.8) is 0 Å². The number of carboxylic acids is 1. The van der Waals surface area contributed by atoms with Crippen molar-refractivity contribution in [2.45, 2.75) is 38.3 Å². The second-order valence-electron chi connectivity index (χ2n) is 5.17. The van der Waals surface area contributed by atoms with Gasteiger partial charge in [-0.05, 0) is 26.2 Å². The van der Waals surface area contributed by atoms with Crippen LogP contribution >= 0.6 is 0 Å². The van der Waals surface area contributed by atoms with E-state index in [9.17, 15) is 14.4 Å². The molecular weight excluding hydrogens is 278 g/mol. The molecule has 3 amide bonds. The van der Waals surface area contributed by atoms with E-state index in [1.54, 1.807) is 6.92 Å². The van der Waals surface area contributed by atoms with Gasteiger partial charge in [-0.1, -0.05) is 0 Å². The summed E-state index contributed by atoms with van der Waals surface area (Å²) in [5.74, 6) is -1.52. The Kier molecular flexibility index (Phi) is 6.93. The zero-order valence-corrected chi connectivity index (χ0v) is 12.3. The molecule has 1 aliphatic carbocycles. The van der Waals surface area contributed by atoms with Gasteiger partial charge in [0, 0.05) is 19.7 Å². The van der Waals surface area contributed by atoms with Gasteiger partial charge in [-0.25, -0.2) is 4.79 Å². The number of carbonyl (C=O) groups is 3. The maximum Gasteiger partial charge on any atom is 0.315 e. The molecule has 0 aliphatic heterocycles. The molecule has 21 heavy (non-hydrogen) atoms. The summed E-state index contributed by atoms with van der Waals surface area (Å²) in [6.45, 7) is 2.37.